The number of fused-ring (bicyclic) bond motifs is 1. The van der Waals surface area contributed by atoms with Crippen LogP contribution in [0.2, 0.25) is 0 Å². The van der Waals surface area contributed by atoms with E-state index < -0.39 is 10.1 Å². The van der Waals surface area contributed by atoms with Crippen LogP contribution in [-0.2, 0) is 23.0 Å². The van der Waals surface area contributed by atoms with Gasteiger partial charge >= 0.3 is 51.4 Å². The topological polar surface area (TPSA) is 57.2 Å². The molecule has 0 fully saturated rings. The minimum absolute atomic E-state index is 0. The Bertz CT molecular complexity index is 971. The summed E-state index contributed by atoms with van der Waals surface area (Å²) >= 11 is 0. The van der Waals surface area contributed by atoms with Gasteiger partial charge in [0.15, 0.2) is 0 Å². The first-order chi connectivity index (χ1) is 17.5. The molecule has 0 aliphatic carbocycles. The molecule has 0 N–H and O–H groups in total. The van der Waals surface area contributed by atoms with Crippen LogP contribution in [0.5, 0.6) is 0 Å². The molecule has 0 unspecified atom stereocenters. The summed E-state index contributed by atoms with van der Waals surface area (Å²) in [6.07, 6.45) is 24.1. The van der Waals surface area contributed by atoms with E-state index in [1.54, 1.807) is 0 Å². The molecule has 0 aliphatic heterocycles. The van der Waals surface area contributed by atoms with Gasteiger partial charge in [-0.15, -0.1) is 0 Å². The molecule has 0 spiro atoms. The van der Waals surface area contributed by atoms with E-state index in [0.29, 0.717) is 17.4 Å². The summed E-state index contributed by atoms with van der Waals surface area (Å²) in [6, 6.07) is 9.78. The standard InChI is InChI=1S/C32H52O3S.K/c1-3-5-7-9-11-13-15-17-19-22-28-24-21-25-31-30(28)27-26-29(32(31)36(33,34)35)23-20-18-16-14-12-10-8-6-4-2;/h21,24-27H,3-20,22-23H2,1-2H3,(H,33,34,35);/q;+1/p-1. The van der Waals surface area contributed by atoms with E-state index in [2.05, 4.69) is 26.0 Å². The summed E-state index contributed by atoms with van der Waals surface area (Å²) in [5, 5.41) is 1.55. The maximum atomic E-state index is 12.3. The Balaban J connectivity index is 0.00000684. The number of hydrogen-bond donors (Lipinski definition) is 0. The molecule has 2 aromatic rings. The number of rotatable bonds is 21. The Labute approximate surface area is 271 Å². The van der Waals surface area contributed by atoms with Crippen LogP contribution < -0.4 is 51.4 Å². The normalized spacial score (nSPS) is 11.6. The fraction of sp³-hybridized carbons (Fsp3) is 0.688. The largest absolute Gasteiger partial charge is 1.00 e. The van der Waals surface area contributed by atoms with Gasteiger partial charge in [0.1, 0.15) is 10.1 Å². The Morgan fingerprint density at radius 1 is 0.541 bits per heavy atom. The second-order valence-electron chi connectivity index (χ2n) is 10.7. The Hall–Kier alpha value is 0.246. The van der Waals surface area contributed by atoms with Crippen LogP contribution in [0.25, 0.3) is 10.8 Å². The van der Waals surface area contributed by atoms with Crippen LogP contribution in [0.15, 0.2) is 35.2 Å². The zero-order valence-corrected chi connectivity index (χ0v) is 28.1. The van der Waals surface area contributed by atoms with Gasteiger partial charge in [-0.3, -0.25) is 0 Å². The van der Waals surface area contributed by atoms with E-state index in [0.717, 1.165) is 36.6 Å². The minimum Gasteiger partial charge on any atom is -0.744 e. The van der Waals surface area contributed by atoms with Gasteiger partial charge in [0.05, 0.1) is 4.90 Å². The van der Waals surface area contributed by atoms with E-state index >= 15 is 0 Å². The van der Waals surface area contributed by atoms with Crippen LogP contribution in [0.4, 0.5) is 0 Å². The van der Waals surface area contributed by atoms with E-state index in [1.165, 1.54) is 96.3 Å². The molecule has 204 valence electrons. The third-order valence-electron chi connectivity index (χ3n) is 7.53. The number of hydrogen-bond acceptors (Lipinski definition) is 3. The van der Waals surface area contributed by atoms with Crippen molar-refractivity contribution < 1.29 is 64.4 Å². The molecule has 2 aromatic carbocycles. The number of unbranched alkanes of at least 4 members (excludes halogenated alkanes) is 16. The van der Waals surface area contributed by atoms with E-state index in [-0.39, 0.29) is 56.3 Å². The van der Waals surface area contributed by atoms with Gasteiger partial charge in [0, 0.05) is 0 Å². The second-order valence-corrected chi connectivity index (χ2v) is 12.0. The molecule has 0 heterocycles. The zero-order chi connectivity index (χ0) is 26.1. The third kappa shape index (κ3) is 13.9. The van der Waals surface area contributed by atoms with Crippen LogP contribution in [-0.4, -0.2) is 13.0 Å². The molecule has 0 bridgehead atoms. The van der Waals surface area contributed by atoms with Gasteiger partial charge < -0.3 is 4.55 Å². The molecule has 5 heteroatoms. The summed E-state index contributed by atoms with van der Waals surface area (Å²) in [6.45, 7) is 4.49. The summed E-state index contributed by atoms with van der Waals surface area (Å²) in [4.78, 5) is 0.0218. The quantitative estimate of drug-likeness (QED) is 0.0958. The molecule has 37 heavy (non-hydrogen) atoms. The van der Waals surface area contributed by atoms with E-state index in [9.17, 15) is 13.0 Å². The smallest absolute Gasteiger partial charge is 0.744 e. The molecule has 0 amide bonds. The maximum Gasteiger partial charge on any atom is 1.00 e. The Kier molecular flexibility index (Phi) is 20.1. The van der Waals surface area contributed by atoms with E-state index in [4.69, 9.17) is 0 Å². The van der Waals surface area contributed by atoms with Crippen molar-refractivity contribution in [2.24, 2.45) is 0 Å². The molecular formula is C32H51KO3S. The molecule has 3 nitrogen and oxygen atoms in total. The van der Waals surface area contributed by atoms with Crippen molar-refractivity contribution in [3.63, 3.8) is 0 Å². The van der Waals surface area contributed by atoms with Gasteiger partial charge in [-0.05, 0) is 47.6 Å². The van der Waals surface area contributed by atoms with Crippen LogP contribution >= 0.6 is 0 Å². The molecule has 0 atom stereocenters. The van der Waals surface area contributed by atoms with Crippen molar-refractivity contribution in [3.05, 3.63) is 41.5 Å². The van der Waals surface area contributed by atoms with Gasteiger partial charge in [-0.2, -0.15) is 0 Å². The van der Waals surface area contributed by atoms with Crippen molar-refractivity contribution in [1.29, 1.82) is 0 Å². The summed E-state index contributed by atoms with van der Waals surface area (Å²) in [5.41, 5.74) is 1.86. The third-order valence-corrected chi connectivity index (χ3v) is 8.52. The molecule has 0 saturated heterocycles. The Morgan fingerprint density at radius 2 is 0.973 bits per heavy atom. The van der Waals surface area contributed by atoms with Crippen LogP contribution in [0.1, 0.15) is 141 Å². The van der Waals surface area contributed by atoms with E-state index in [1.807, 2.05) is 18.2 Å². The van der Waals surface area contributed by atoms with Crippen LogP contribution in [0.3, 0.4) is 0 Å². The average Bonchev–Trinajstić information content (AvgIpc) is 2.85. The molecule has 2 rings (SSSR count). The molecule has 0 saturated carbocycles. The minimum atomic E-state index is -4.53. The maximum absolute atomic E-state index is 12.3. The first-order valence-electron chi connectivity index (χ1n) is 15.0. The van der Waals surface area contributed by atoms with Crippen molar-refractivity contribution in [1.82, 2.24) is 0 Å². The second kappa shape index (κ2) is 21.1. The van der Waals surface area contributed by atoms with Gasteiger partial charge in [-0.1, -0.05) is 147 Å². The predicted octanol–water partition coefficient (Wildman–Crippen LogP) is 6.89. The first-order valence-corrected chi connectivity index (χ1v) is 16.4. The molecule has 0 radical (unpaired) electrons. The van der Waals surface area contributed by atoms with Crippen molar-refractivity contribution in [3.8, 4) is 0 Å². The molecular weight excluding hydrogens is 504 g/mol. The van der Waals surface area contributed by atoms with Crippen molar-refractivity contribution in [2.45, 2.75) is 147 Å². The first kappa shape index (κ1) is 35.3. The average molecular weight is 555 g/mol. The zero-order valence-electron chi connectivity index (χ0n) is 24.2. The van der Waals surface area contributed by atoms with Crippen molar-refractivity contribution in [2.75, 3.05) is 0 Å². The molecule has 0 aromatic heterocycles. The van der Waals surface area contributed by atoms with Crippen LogP contribution in [0, 0.1) is 0 Å². The van der Waals surface area contributed by atoms with Crippen molar-refractivity contribution >= 4 is 20.9 Å². The number of aryl methyl sites for hydroxylation is 2. The van der Waals surface area contributed by atoms with Gasteiger partial charge in [0.25, 0.3) is 0 Å². The number of benzene rings is 2. The predicted molar refractivity (Wildman–Crippen MR) is 154 cm³/mol. The Morgan fingerprint density at radius 3 is 1.43 bits per heavy atom. The SMILES string of the molecule is CCCCCCCCCCCc1ccc2c(CCCCCCCCCCC)cccc2c1S(=O)(=O)[O-].[K+]. The van der Waals surface area contributed by atoms with Gasteiger partial charge in [-0.25, -0.2) is 8.42 Å². The summed E-state index contributed by atoms with van der Waals surface area (Å²) in [5.74, 6) is 0. The molecule has 0 aliphatic rings. The fourth-order valence-corrected chi connectivity index (χ4v) is 6.34. The van der Waals surface area contributed by atoms with Gasteiger partial charge in [0.2, 0.25) is 0 Å². The fourth-order valence-electron chi connectivity index (χ4n) is 5.40. The summed E-state index contributed by atoms with van der Waals surface area (Å²) < 4.78 is 36.9. The summed E-state index contributed by atoms with van der Waals surface area (Å²) in [7, 11) is -4.53. The monoisotopic (exact) mass is 554 g/mol.